The van der Waals surface area contributed by atoms with Gasteiger partial charge in [0, 0.05) is 43.3 Å². The number of hydrogen-bond acceptors (Lipinski definition) is 6. The Kier molecular flexibility index (Phi) is 11.9. The molecule has 4 aromatic rings. The summed E-state index contributed by atoms with van der Waals surface area (Å²) in [4.78, 5) is 37.5. The summed E-state index contributed by atoms with van der Waals surface area (Å²) in [7, 11) is 0. The summed E-state index contributed by atoms with van der Waals surface area (Å²) in [5.41, 5.74) is 5.29. The van der Waals surface area contributed by atoms with E-state index >= 15 is 0 Å². The van der Waals surface area contributed by atoms with Gasteiger partial charge in [0.05, 0.1) is 11.6 Å². The maximum atomic E-state index is 13.2. The first-order valence-corrected chi connectivity index (χ1v) is 15.2. The lowest BCUT2D eigenvalue weighted by Crippen LogP contribution is -2.46. The van der Waals surface area contributed by atoms with Gasteiger partial charge >= 0.3 is 12.1 Å². The number of benzene rings is 3. The second kappa shape index (κ2) is 16.0. The monoisotopic (exact) mass is 650 g/mol. The standard InChI is InChI=1S/C33H36N4O3.C2HF3O2/c1-23-30(24(2)40-36-23)27-14-9-15-28(22-27)32(38)35-29-16-19-37(20-17-29)21-18-34-33(39)31(25-10-5-3-6-11-25)26-12-7-4-8-13-26;3-2(4,5)1(6)7/h3-15,22,29,31H,16-21H2,1-2H3,(H,34,39)(H,35,38);(H,6,7). The number of alkyl halides is 3. The van der Waals surface area contributed by atoms with Gasteiger partial charge in [-0.2, -0.15) is 13.2 Å². The van der Waals surface area contributed by atoms with Crippen LogP contribution in [-0.2, 0) is 9.59 Å². The van der Waals surface area contributed by atoms with E-state index in [2.05, 4.69) is 20.7 Å². The molecule has 12 heteroatoms. The van der Waals surface area contributed by atoms with Gasteiger partial charge in [0.1, 0.15) is 5.76 Å². The highest BCUT2D eigenvalue weighted by Crippen LogP contribution is 2.28. The van der Waals surface area contributed by atoms with Crippen molar-refractivity contribution in [2.24, 2.45) is 0 Å². The number of nitrogens with one attached hydrogen (secondary N) is 2. The van der Waals surface area contributed by atoms with Crippen molar-refractivity contribution in [2.75, 3.05) is 26.2 Å². The van der Waals surface area contributed by atoms with E-state index in [0.717, 1.165) is 66.2 Å². The van der Waals surface area contributed by atoms with Gasteiger partial charge < -0.3 is 25.2 Å². The summed E-state index contributed by atoms with van der Waals surface area (Å²) in [5, 5.41) is 17.5. The highest BCUT2D eigenvalue weighted by atomic mass is 19.4. The molecule has 3 aromatic carbocycles. The van der Waals surface area contributed by atoms with Crippen molar-refractivity contribution in [3.63, 3.8) is 0 Å². The zero-order valence-electron chi connectivity index (χ0n) is 26.1. The number of rotatable bonds is 9. The number of carboxylic acids is 1. The molecule has 1 aliphatic rings. The molecule has 0 bridgehead atoms. The molecular weight excluding hydrogens is 613 g/mol. The number of nitrogens with zero attached hydrogens (tertiary/aromatic N) is 2. The van der Waals surface area contributed by atoms with Gasteiger partial charge in [0.25, 0.3) is 5.91 Å². The summed E-state index contributed by atoms with van der Waals surface area (Å²) >= 11 is 0. The molecule has 2 heterocycles. The van der Waals surface area contributed by atoms with Crippen LogP contribution in [0.4, 0.5) is 13.2 Å². The maximum Gasteiger partial charge on any atom is 0.490 e. The molecule has 0 spiro atoms. The van der Waals surface area contributed by atoms with Crippen molar-refractivity contribution in [1.29, 1.82) is 0 Å². The van der Waals surface area contributed by atoms with E-state index in [4.69, 9.17) is 14.4 Å². The zero-order chi connectivity index (χ0) is 34.0. The molecule has 3 N–H and O–H groups in total. The molecule has 47 heavy (non-hydrogen) atoms. The third-order valence-corrected chi connectivity index (χ3v) is 7.87. The zero-order valence-corrected chi connectivity index (χ0v) is 26.1. The average Bonchev–Trinajstić information content (AvgIpc) is 3.40. The smallest absolute Gasteiger partial charge is 0.475 e. The van der Waals surface area contributed by atoms with Crippen molar-refractivity contribution >= 4 is 17.8 Å². The Morgan fingerprint density at radius 2 is 1.51 bits per heavy atom. The van der Waals surface area contributed by atoms with Crippen LogP contribution in [0, 0.1) is 13.8 Å². The lowest BCUT2D eigenvalue weighted by molar-refractivity contribution is -0.192. The van der Waals surface area contributed by atoms with E-state index < -0.39 is 12.1 Å². The third kappa shape index (κ3) is 9.76. The fraction of sp³-hybridized carbons (Fsp3) is 0.314. The maximum absolute atomic E-state index is 13.2. The van der Waals surface area contributed by atoms with E-state index in [1.54, 1.807) is 0 Å². The molecular formula is C35H37F3N4O5. The van der Waals surface area contributed by atoms with Gasteiger partial charge in [-0.25, -0.2) is 4.79 Å². The van der Waals surface area contributed by atoms with Crippen LogP contribution in [-0.4, -0.2) is 71.3 Å². The Balaban J connectivity index is 0.000000644. The molecule has 0 atom stereocenters. The largest absolute Gasteiger partial charge is 0.490 e. The van der Waals surface area contributed by atoms with E-state index in [9.17, 15) is 22.8 Å². The van der Waals surface area contributed by atoms with Crippen LogP contribution in [0.25, 0.3) is 11.1 Å². The lowest BCUT2D eigenvalue weighted by Gasteiger charge is -2.32. The van der Waals surface area contributed by atoms with Crippen molar-refractivity contribution in [3.8, 4) is 11.1 Å². The van der Waals surface area contributed by atoms with E-state index in [0.29, 0.717) is 12.1 Å². The summed E-state index contributed by atoms with van der Waals surface area (Å²) in [6, 6.07) is 27.6. The average molecular weight is 651 g/mol. The first kappa shape index (κ1) is 34.9. The topological polar surface area (TPSA) is 125 Å². The Labute approximate surface area is 270 Å². The van der Waals surface area contributed by atoms with Gasteiger partial charge in [0.2, 0.25) is 5.91 Å². The molecule has 1 aliphatic heterocycles. The van der Waals surface area contributed by atoms with Crippen LogP contribution >= 0.6 is 0 Å². The molecule has 1 fully saturated rings. The van der Waals surface area contributed by atoms with Crippen molar-refractivity contribution in [2.45, 2.75) is 44.8 Å². The second-order valence-corrected chi connectivity index (χ2v) is 11.2. The number of piperidine rings is 1. The Bertz CT molecular complexity index is 1580. The van der Waals surface area contributed by atoms with Crippen molar-refractivity contribution in [3.05, 3.63) is 113 Å². The van der Waals surface area contributed by atoms with Gasteiger partial charge in [-0.3, -0.25) is 9.59 Å². The van der Waals surface area contributed by atoms with Crippen LogP contribution in [0.2, 0.25) is 0 Å². The number of carbonyl (C=O) groups is 3. The first-order chi connectivity index (χ1) is 22.4. The molecule has 2 amide bonds. The Hall–Kier alpha value is -4.97. The number of halogens is 3. The van der Waals surface area contributed by atoms with Gasteiger partial charge in [0.15, 0.2) is 0 Å². The van der Waals surface area contributed by atoms with E-state index in [1.165, 1.54) is 0 Å². The number of hydrogen-bond donors (Lipinski definition) is 3. The fourth-order valence-corrected chi connectivity index (χ4v) is 5.51. The number of aromatic nitrogens is 1. The van der Waals surface area contributed by atoms with E-state index in [-0.39, 0.29) is 23.8 Å². The van der Waals surface area contributed by atoms with Crippen LogP contribution < -0.4 is 10.6 Å². The quantitative estimate of drug-likeness (QED) is 0.211. The van der Waals surface area contributed by atoms with Crippen LogP contribution in [0.1, 0.15) is 51.7 Å². The predicted molar refractivity (Wildman–Crippen MR) is 170 cm³/mol. The fourth-order valence-electron chi connectivity index (χ4n) is 5.51. The molecule has 5 rings (SSSR count). The Morgan fingerprint density at radius 1 is 0.936 bits per heavy atom. The molecule has 1 saturated heterocycles. The van der Waals surface area contributed by atoms with Crippen LogP contribution in [0.5, 0.6) is 0 Å². The summed E-state index contributed by atoms with van der Waals surface area (Å²) in [5.74, 6) is -2.40. The normalized spacial score (nSPS) is 13.8. The first-order valence-electron chi connectivity index (χ1n) is 15.2. The van der Waals surface area contributed by atoms with Gasteiger partial charge in [-0.05, 0) is 55.5 Å². The molecule has 248 valence electrons. The Morgan fingerprint density at radius 3 is 2.02 bits per heavy atom. The summed E-state index contributed by atoms with van der Waals surface area (Å²) in [6.45, 7) is 6.90. The molecule has 0 radical (unpaired) electrons. The minimum atomic E-state index is -5.08. The third-order valence-electron chi connectivity index (χ3n) is 7.87. The van der Waals surface area contributed by atoms with Crippen molar-refractivity contribution < 1.29 is 37.2 Å². The number of likely N-dealkylation sites (tertiary alicyclic amines) is 1. The van der Waals surface area contributed by atoms with E-state index in [1.807, 2.05) is 98.8 Å². The number of carboxylic acid groups (broad SMARTS) is 1. The molecule has 0 saturated carbocycles. The molecule has 0 aliphatic carbocycles. The number of aryl methyl sites for hydroxylation is 2. The van der Waals surface area contributed by atoms with Crippen LogP contribution in [0.15, 0.2) is 89.5 Å². The minimum Gasteiger partial charge on any atom is -0.475 e. The SMILES string of the molecule is Cc1noc(C)c1-c1cccc(C(=O)NC2CCN(CCNC(=O)C(c3ccccc3)c3ccccc3)CC2)c1.O=C(O)C(F)(F)F. The van der Waals surface area contributed by atoms with Crippen molar-refractivity contribution in [1.82, 2.24) is 20.7 Å². The lowest BCUT2D eigenvalue weighted by atomic mass is 9.90. The highest BCUT2D eigenvalue weighted by Gasteiger charge is 2.38. The van der Waals surface area contributed by atoms with Crippen LogP contribution in [0.3, 0.4) is 0 Å². The molecule has 1 aromatic heterocycles. The summed E-state index contributed by atoms with van der Waals surface area (Å²) in [6.07, 6.45) is -3.33. The molecule has 0 unspecified atom stereocenters. The number of amides is 2. The molecule has 9 nitrogen and oxygen atoms in total. The summed E-state index contributed by atoms with van der Waals surface area (Å²) < 4.78 is 37.0. The second-order valence-electron chi connectivity index (χ2n) is 11.2. The minimum absolute atomic E-state index is 0.0124. The number of aliphatic carboxylic acids is 1. The highest BCUT2D eigenvalue weighted by molar-refractivity contribution is 5.95. The van der Waals surface area contributed by atoms with Gasteiger partial charge in [-0.15, -0.1) is 0 Å². The number of carbonyl (C=O) groups excluding carboxylic acids is 2. The van der Waals surface area contributed by atoms with Gasteiger partial charge in [-0.1, -0.05) is 78.0 Å². The predicted octanol–water partition coefficient (Wildman–Crippen LogP) is 5.73.